The van der Waals surface area contributed by atoms with Crippen LogP contribution < -0.4 is 0 Å². The van der Waals surface area contributed by atoms with E-state index in [0.717, 1.165) is 67.4 Å². The van der Waals surface area contributed by atoms with Crippen molar-refractivity contribution in [2.75, 3.05) is 25.9 Å². The van der Waals surface area contributed by atoms with Crippen molar-refractivity contribution < 1.29 is 9.47 Å². The van der Waals surface area contributed by atoms with Crippen LogP contribution >= 0.6 is 11.6 Å². The molecule has 3 heteroatoms. The fourth-order valence-electron chi connectivity index (χ4n) is 5.44. The topological polar surface area (TPSA) is 18.5 Å². The van der Waals surface area contributed by atoms with Gasteiger partial charge < -0.3 is 9.47 Å². The van der Waals surface area contributed by atoms with Crippen LogP contribution in [0.4, 0.5) is 0 Å². The van der Waals surface area contributed by atoms with Crippen molar-refractivity contribution in [2.24, 2.45) is 35.5 Å². The van der Waals surface area contributed by atoms with Crippen LogP contribution in [0.1, 0.15) is 119 Å². The Morgan fingerprint density at radius 2 is 0.935 bits per heavy atom. The van der Waals surface area contributed by atoms with Gasteiger partial charge in [-0.15, -0.1) is 11.6 Å². The molecule has 0 fully saturated rings. The Morgan fingerprint density at radius 1 is 0.548 bits per heavy atom. The van der Waals surface area contributed by atoms with Crippen molar-refractivity contribution in [3.8, 4) is 0 Å². The minimum Gasteiger partial charge on any atom is -0.355 e. The number of hydrogen-bond donors (Lipinski definition) is 0. The Balaban J connectivity index is 3.85. The highest BCUT2D eigenvalue weighted by molar-refractivity contribution is 6.17. The van der Waals surface area contributed by atoms with Crippen molar-refractivity contribution >= 4 is 11.6 Å². The van der Waals surface area contributed by atoms with E-state index in [1.807, 2.05) is 0 Å². The lowest BCUT2D eigenvalue weighted by atomic mass is 9.81. The number of rotatable bonds is 22. The molecule has 0 aromatic heterocycles. The minimum atomic E-state index is 0.464. The van der Waals surface area contributed by atoms with Gasteiger partial charge in [-0.1, -0.05) is 54.9 Å². The van der Waals surface area contributed by atoms with Gasteiger partial charge in [0.05, 0.1) is 0 Å². The number of ether oxygens (including phenoxy) is 2. The first-order chi connectivity index (χ1) is 14.8. The molecule has 0 saturated carbocycles. The van der Waals surface area contributed by atoms with Crippen LogP contribution in [-0.2, 0) is 9.47 Å². The van der Waals surface area contributed by atoms with Gasteiger partial charge in [0.15, 0.2) is 0 Å². The first-order valence-electron chi connectivity index (χ1n) is 13.5. The second-order valence-electron chi connectivity index (χ2n) is 11.1. The minimum absolute atomic E-state index is 0.464. The molecule has 0 bridgehead atoms. The lowest BCUT2D eigenvalue weighted by Gasteiger charge is -2.25. The van der Waals surface area contributed by atoms with E-state index in [4.69, 9.17) is 21.1 Å². The third-order valence-corrected chi connectivity index (χ3v) is 6.92. The summed E-state index contributed by atoms with van der Waals surface area (Å²) < 4.78 is 11.0. The van der Waals surface area contributed by atoms with Crippen LogP contribution in [0, 0.1) is 35.5 Å². The third-order valence-electron chi connectivity index (χ3n) is 6.65. The molecule has 188 valence electrons. The molecule has 0 aliphatic carbocycles. The fourth-order valence-corrected chi connectivity index (χ4v) is 5.59. The van der Waals surface area contributed by atoms with Crippen LogP contribution in [-0.4, -0.2) is 25.9 Å². The van der Waals surface area contributed by atoms with E-state index >= 15 is 0 Å². The van der Waals surface area contributed by atoms with E-state index in [2.05, 4.69) is 48.5 Å². The Hall–Kier alpha value is 0.210. The second kappa shape index (κ2) is 20.8. The molecule has 0 radical (unpaired) electrons. The summed E-state index contributed by atoms with van der Waals surface area (Å²) in [6.45, 7) is 19.0. The van der Waals surface area contributed by atoms with Gasteiger partial charge in [0.1, 0.15) is 6.79 Å². The van der Waals surface area contributed by atoms with E-state index in [-0.39, 0.29) is 0 Å². The Labute approximate surface area is 201 Å². The van der Waals surface area contributed by atoms with Gasteiger partial charge in [-0.25, -0.2) is 0 Å². The summed E-state index contributed by atoms with van der Waals surface area (Å²) in [6, 6.07) is 0. The van der Waals surface area contributed by atoms with Gasteiger partial charge in [-0.05, 0) is 99.7 Å². The summed E-state index contributed by atoms with van der Waals surface area (Å²) in [6.07, 6.45) is 14.0. The maximum atomic E-state index is 5.84. The first-order valence-corrected chi connectivity index (χ1v) is 14.0. The molecule has 0 saturated heterocycles. The maximum absolute atomic E-state index is 5.84. The smallest absolute Gasteiger partial charge is 0.146 e. The summed E-state index contributed by atoms with van der Waals surface area (Å²) in [4.78, 5) is 0. The fraction of sp³-hybridized carbons (Fsp3) is 1.00. The van der Waals surface area contributed by atoms with E-state index in [1.165, 1.54) is 57.8 Å². The Bertz CT molecular complexity index is 376. The van der Waals surface area contributed by atoms with E-state index in [1.54, 1.807) is 0 Å². The molecular formula is C28H57ClO2. The average molecular weight is 461 g/mol. The SMILES string of the molecule is CCCCOCOCCCC(C)CC(C)CC(C)CC(C)CC(C)CC(C)CCCCl. The van der Waals surface area contributed by atoms with Crippen molar-refractivity contribution in [1.82, 2.24) is 0 Å². The highest BCUT2D eigenvalue weighted by Gasteiger charge is 2.17. The summed E-state index contributed by atoms with van der Waals surface area (Å²) >= 11 is 5.84. The number of halogens is 1. The zero-order valence-corrected chi connectivity index (χ0v) is 23.0. The van der Waals surface area contributed by atoms with Crippen molar-refractivity contribution in [3.05, 3.63) is 0 Å². The van der Waals surface area contributed by atoms with Crippen LogP contribution in [0.2, 0.25) is 0 Å². The quantitative estimate of drug-likeness (QED) is 0.0909. The molecule has 0 N–H and O–H groups in total. The predicted octanol–water partition coefficient (Wildman–Crippen LogP) is 9.34. The number of hydrogen-bond acceptors (Lipinski definition) is 2. The van der Waals surface area contributed by atoms with Gasteiger partial charge in [-0.2, -0.15) is 0 Å². The molecule has 0 aromatic rings. The molecule has 0 heterocycles. The standard InChI is InChI=1S/C28H57ClO2/c1-8-9-15-30-22-31-16-11-13-24(3)18-26(5)20-28(7)21-27(6)19-25(4)17-23(2)12-10-14-29/h23-28H,8-22H2,1-7H3. The van der Waals surface area contributed by atoms with Crippen LogP contribution in [0.3, 0.4) is 0 Å². The highest BCUT2D eigenvalue weighted by Crippen LogP contribution is 2.29. The van der Waals surface area contributed by atoms with Gasteiger partial charge in [0.2, 0.25) is 0 Å². The molecule has 31 heavy (non-hydrogen) atoms. The number of unbranched alkanes of at least 4 members (excludes halogenated alkanes) is 1. The molecule has 0 aliphatic rings. The molecule has 6 unspecified atom stereocenters. The molecule has 0 amide bonds. The largest absolute Gasteiger partial charge is 0.355 e. The molecule has 0 spiro atoms. The summed E-state index contributed by atoms with van der Waals surface area (Å²) in [5.74, 6) is 5.75. The average Bonchev–Trinajstić information content (AvgIpc) is 2.67. The molecular weight excluding hydrogens is 404 g/mol. The monoisotopic (exact) mass is 460 g/mol. The van der Waals surface area contributed by atoms with Gasteiger partial charge >= 0.3 is 0 Å². The highest BCUT2D eigenvalue weighted by atomic mass is 35.5. The van der Waals surface area contributed by atoms with Gasteiger partial charge in [0, 0.05) is 19.1 Å². The van der Waals surface area contributed by atoms with Gasteiger partial charge in [0.25, 0.3) is 0 Å². The Kier molecular flexibility index (Phi) is 20.9. The van der Waals surface area contributed by atoms with E-state index in [9.17, 15) is 0 Å². The van der Waals surface area contributed by atoms with Crippen molar-refractivity contribution in [1.29, 1.82) is 0 Å². The van der Waals surface area contributed by atoms with Gasteiger partial charge in [-0.3, -0.25) is 0 Å². The zero-order valence-electron chi connectivity index (χ0n) is 22.3. The summed E-state index contributed by atoms with van der Waals surface area (Å²) in [5, 5.41) is 0. The normalized spacial score (nSPS) is 17.8. The van der Waals surface area contributed by atoms with Crippen LogP contribution in [0.15, 0.2) is 0 Å². The second-order valence-corrected chi connectivity index (χ2v) is 11.4. The molecule has 6 atom stereocenters. The summed E-state index contributed by atoms with van der Waals surface area (Å²) in [5.41, 5.74) is 0. The lowest BCUT2D eigenvalue weighted by molar-refractivity contribution is -0.0558. The molecule has 0 aromatic carbocycles. The van der Waals surface area contributed by atoms with Crippen LogP contribution in [0.5, 0.6) is 0 Å². The van der Waals surface area contributed by atoms with Crippen molar-refractivity contribution in [2.45, 2.75) is 119 Å². The third kappa shape index (κ3) is 20.5. The molecule has 0 rings (SSSR count). The lowest BCUT2D eigenvalue weighted by Crippen LogP contribution is -2.13. The molecule has 2 nitrogen and oxygen atoms in total. The van der Waals surface area contributed by atoms with Crippen LogP contribution in [0.25, 0.3) is 0 Å². The van der Waals surface area contributed by atoms with E-state index in [0.29, 0.717) is 6.79 Å². The van der Waals surface area contributed by atoms with E-state index < -0.39 is 0 Å². The first kappa shape index (κ1) is 31.2. The Morgan fingerprint density at radius 3 is 1.35 bits per heavy atom. The molecule has 0 aliphatic heterocycles. The maximum Gasteiger partial charge on any atom is 0.146 e. The predicted molar refractivity (Wildman–Crippen MR) is 139 cm³/mol. The zero-order chi connectivity index (χ0) is 23.5. The van der Waals surface area contributed by atoms with Crippen molar-refractivity contribution in [3.63, 3.8) is 0 Å². The summed E-state index contributed by atoms with van der Waals surface area (Å²) in [7, 11) is 0. The number of alkyl halides is 1.